The summed E-state index contributed by atoms with van der Waals surface area (Å²) in [6.45, 7) is 2.05. The minimum Gasteiger partial charge on any atom is -0.333 e. The number of thiophene rings is 1. The summed E-state index contributed by atoms with van der Waals surface area (Å²) in [5, 5.41) is 0. The molecular formula is C14H19ClN2OS. The topological polar surface area (TPSA) is 23.6 Å². The molecule has 0 saturated carbocycles. The van der Waals surface area contributed by atoms with Gasteiger partial charge in [-0.15, -0.1) is 11.3 Å². The van der Waals surface area contributed by atoms with Crippen molar-refractivity contribution in [3.63, 3.8) is 0 Å². The fourth-order valence-electron chi connectivity index (χ4n) is 3.44. The Morgan fingerprint density at radius 1 is 1.26 bits per heavy atom. The van der Waals surface area contributed by atoms with E-state index in [0.29, 0.717) is 16.4 Å². The van der Waals surface area contributed by atoms with Crippen molar-refractivity contribution in [2.45, 2.75) is 37.8 Å². The van der Waals surface area contributed by atoms with E-state index in [1.54, 1.807) is 0 Å². The molecule has 0 spiro atoms. The summed E-state index contributed by atoms with van der Waals surface area (Å²) < 4.78 is 0.692. The van der Waals surface area contributed by atoms with E-state index in [0.717, 1.165) is 30.8 Å². The molecule has 0 aliphatic carbocycles. The van der Waals surface area contributed by atoms with Crippen molar-refractivity contribution < 1.29 is 4.79 Å². The van der Waals surface area contributed by atoms with Gasteiger partial charge >= 0.3 is 0 Å². The molecule has 1 amide bonds. The molecule has 0 bridgehead atoms. The van der Waals surface area contributed by atoms with E-state index in [4.69, 9.17) is 11.6 Å². The number of likely N-dealkylation sites (N-methyl/N-ethyl adjacent to an activating group) is 1. The number of carbonyl (C=O) groups is 1. The fourth-order valence-corrected chi connectivity index (χ4v) is 4.44. The van der Waals surface area contributed by atoms with Gasteiger partial charge in [0.1, 0.15) is 0 Å². The summed E-state index contributed by atoms with van der Waals surface area (Å²) in [7, 11) is 2.18. The smallest absolute Gasteiger partial charge is 0.264 e. The molecule has 1 aromatic heterocycles. The summed E-state index contributed by atoms with van der Waals surface area (Å²) in [5.74, 6) is 0.166. The molecule has 2 fully saturated rings. The molecule has 5 heteroatoms. The van der Waals surface area contributed by atoms with Gasteiger partial charge in [-0.1, -0.05) is 11.6 Å². The highest BCUT2D eigenvalue weighted by Gasteiger charge is 2.38. The standard InChI is InChI=1S/C14H19ClN2OS/c1-16-8-2-4-10(16)11-5-3-9-17(11)14(18)12-6-7-13(15)19-12/h6-7,10-11H,2-5,8-9H2,1H3/t10-,11+/m0/s1. The molecule has 2 aliphatic heterocycles. The summed E-state index contributed by atoms with van der Waals surface area (Å²) in [6.07, 6.45) is 4.74. The van der Waals surface area contributed by atoms with E-state index in [9.17, 15) is 4.79 Å². The van der Waals surface area contributed by atoms with Crippen LogP contribution in [0.5, 0.6) is 0 Å². The number of carbonyl (C=O) groups excluding carboxylic acids is 1. The molecule has 3 rings (SSSR count). The van der Waals surface area contributed by atoms with Crippen LogP contribution in [0.15, 0.2) is 12.1 Å². The number of rotatable bonds is 2. The van der Waals surface area contributed by atoms with Crippen molar-refractivity contribution in [3.05, 3.63) is 21.3 Å². The molecule has 2 aliphatic rings. The van der Waals surface area contributed by atoms with Crippen LogP contribution < -0.4 is 0 Å². The number of halogens is 1. The Balaban J connectivity index is 1.77. The van der Waals surface area contributed by atoms with Gasteiger partial charge in [-0.25, -0.2) is 0 Å². The van der Waals surface area contributed by atoms with Gasteiger partial charge in [-0.3, -0.25) is 4.79 Å². The van der Waals surface area contributed by atoms with Gasteiger partial charge in [0.15, 0.2) is 0 Å². The number of hydrogen-bond donors (Lipinski definition) is 0. The van der Waals surface area contributed by atoms with Crippen LogP contribution in [-0.4, -0.2) is 47.9 Å². The van der Waals surface area contributed by atoms with Crippen LogP contribution in [0.2, 0.25) is 4.34 Å². The Hall–Kier alpha value is -0.580. The van der Waals surface area contributed by atoms with Crippen molar-refractivity contribution in [3.8, 4) is 0 Å². The quantitative estimate of drug-likeness (QED) is 0.837. The minimum absolute atomic E-state index is 0.166. The second-order valence-electron chi connectivity index (χ2n) is 5.50. The molecule has 0 radical (unpaired) electrons. The Morgan fingerprint density at radius 2 is 2.00 bits per heavy atom. The second-order valence-corrected chi connectivity index (χ2v) is 7.22. The normalized spacial score (nSPS) is 28.2. The summed E-state index contributed by atoms with van der Waals surface area (Å²) in [5.41, 5.74) is 0. The van der Waals surface area contributed by atoms with Gasteiger partial charge in [0, 0.05) is 18.6 Å². The Kier molecular flexibility index (Phi) is 3.83. The number of likely N-dealkylation sites (tertiary alicyclic amines) is 2. The summed E-state index contributed by atoms with van der Waals surface area (Å²) >= 11 is 7.33. The van der Waals surface area contributed by atoms with Gasteiger partial charge in [0.2, 0.25) is 0 Å². The Bertz CT molecular complexity index is 476. The van der Waals surface area contributed by atoms with Gasteiger partial charge in [0.25, 0.3) is 5.91 Å². The largest absolute Gasteiger partial charge is 0.333 e. The van der Waals surface area contributed by atoms with E-state index in [1.807, 2.05) is 12.1 Å². The Morgan fingerprint density at radius 3 is 2.63 bits per heavy atom. The summed E-state index contributed by atoms with van der Waals surface area (Å²) in [6, 6.07) is 4.60. The molecule has 0 aromatic carbocycles. The second kappa shape index (κ2) is 5.43. The molecule has 3 nitrogen and oxygen atoms in total. The summed E-state index contributed by atoms with van der Waals surface area (Å²) in [4.78, 5) is 17.9. The third-order valence-electron chi connectivity index (χ3n) is 4.37. The number of amides is 1. The lowest BCUT2D eigenvalue weighted by molar-refractivity contribution is 0.0669. The molecule has 19 heavy (non-hydrogen) atoms. The molecule has 3 heterocycles. The maximum Gasteiger partial charge on any atom is 0.264 e. The first kappa shape index (κ1) is 13.4. The highest BCUT2D eigenvalue weighted by Crippen LogP contribution is 2.31. The first-order valence-corrected chi connectivity index (χ1v) is 8.13. The van der Waals surface area contributed by atoms with Crippen LogP contribution in [0.25, 0.3) is 0 Å². The van der Waals surface area contributed by atoms with Crippen molar-refractivity contribution in [1.29, 1.82) is 0 Å². The number of nitrogens with zero attached hydrogens (tertiary/aromatic N) is 2. The van der Waals surface area contributed by atoms with Crippen LogP contribution in [0.3, 0.4) is 0 Å². The van der Waals surface area contributed by atoms with Crippen LogP contribution >= 0.6 is 22.9 Å². The van der Waals surface area contributed by atoms with Crippen LogP contribution in [0, 0.1) is 0 Å². The highest BCUT2D eigenvalue weighted by molar-refractivity contribution is 7.17. The maximum atomic E-state index is 12.6. The van der Waals surface area contributed by atoms with Crippen molar-refractivity contribution in [2.75, 3.05) is 20.1 Å². The van der Waals surface area contributed by atoms with Crippen molar-refractivity contribution in [1.82, 2.24) is 9.80 Å². The molecular weight excluding hydrogens is 280 g/mol. The van der Waals surface area contributed by atoms with E-state index in [1.165, 1.54) is 24.2 Å². The molecule has 104 valence electrons. The first-order valence-electron chi connectivity index (χ1n) is 6.93. The maximum absolute atomic E-state index is 12.6. The lowest BCUT2D eigenvalue weighted by atomic mass is 10.0. The van der Waals surface area contributed by atoms with E-state index in [-0.39, 0.29) is 5.91 Å². The molecule has 0 N–H and O–H groups in total. The molecule has 2 atom stereocenters. The predicted octanol–water partition coefficient (Wildman–Crippen LogP) is 3.10. The number of hydrogen-bond acceptors (Lipinski definition) is 3. The van der Waals surface area contributed by atoms with Gasteiger partial charge < -0.3 is 9.80 Å². The fraction of sp³-hybridized carbons (Fsp3) is 0.643. The lowest BCUT2D eigenvalue weighted by Gasteiger charge is -2.33. The SMILES string of the molecule is CN1CCC[C@H]1[C@H]1CCCN1C(=O)c1ccc(Cl)s1. The van der Waals surface area contributed by atoms with Crippen LogP contribution in [0.4, 0.5) is 0 Å². The molecule has 2 saturated heterocycles. The zero-order chi connectivity index (χ0) is 13.4. The average Bonchev–Trinajstić information content (AvgIpc) is 3.07. The zero-order valence-electron chi connectivity index (χ0n) is 11.1. The van der Waals surface area contributed by atoms with Crippen molar-refractivity contribution >= 4 is 28.8 Å². The molecule has 1 aromatic rings. The predicted molar refractivity (Wildman–Crippen MR) is 79.0 cm³/mol. The van der Waals surface area contributed by atoms with Crippen LogP contribution in [0.1, 0.15) is 35.4 Å². The van der Waals surface area contributed by atoms with Gasteiger partial charge in [-0.05, 0) is 51.4 Å². The third-order valence-corrected chi connectivity index (χ3v) is 5.58. The first-order chi connectivity index (χ1) is 9.16. The van der Waals surface area contributed by atoms with E-state index >= 15 is 0 Å². The molecule has 0 unspecified atom stereocenters. The average molecular weight is 299 g/mol. The highest BCUT2D eigenvalue weighted by atomic mass is 35.5. The minimum atomic E-state index is 0.166. The van der Waals surface area contributed by atoms with Crippen LogP contribution in [-0.2, 0) is 0 Å². The zero-order valence-corrected chi connectivity index (χ0v) is 12.7. The van der Waals surface area contributed by atoms with Gasteiger partial charge in [0.05, 0.1) is 9.21 Å². The van der Waals surface area contributed by atoms with E-state index < -0.39 is 0 Å². The van der Waals surface area contributed by atoms with Gasteiger partial charge in [-0.2, -0.15) is 0 Å². The Labute approximate surface area is 123 Å². The third kappa shape index (κ3) is 2.54. The van der Waals surface area contributed by atoms with Crippen molar-refractivity contribution in [2.24, 2.45) is 0 Å². The lowest BCUT2D eigenvalue weighted by Crippen LogP contribution is -2.46. The van der Waals surface area contributed by atoms with E-state index in [2.05, 4.69) is 16.8 Å². The monoisotopic (exact) mass is 298 g/mol.